The molecular weight excluding hydrogens is 805 g/mol. The van der Waals surface area contributed by atoms with Crippen LogP contribution in [0.25, 0.3) is 0 Å². The molecule has 0 aliphatic carbocycles. The SMILES string of the molecule is CP(O)(=S)Oc1ccc(CC(C(=O)NCCOCCOCCOC#N)N(CC(=O)NCCOCCOCCOC#N)CC(=O)NCCOCCOCCOC#N)cc1. The zero-order valence-electron chi connectivity index (χ0n) is 32.6. The summed E-state index contributed by atoms with van der Waals surface area (Å²) in [5, 5.41) is 33.5. The van der Waals surface area contributed by atoms with Gasteiger partial charge in [-0.2, -0.15) is 15.8 Å². The molecule has 4 N–H and O–H groups in total. The lowest BCUT2D eigenvalue weighted by Gasteiger charge is -2.30. The molecule has 2 atom stereocenters. The Balaban J connectivity index is 2.97. The monoisotopic (exact) mass is 859 g/mol. The second-order valence-corrected chi connectivity index (χ2v) is 15.5. The minimum absolute atomic E-state index is 0.0799. The summed E-state index contributed by atoms with van der Waals surface area (Å²) in [6.45, 7) is 1.22. The first kappa shape index (κ1) is 51.6. The maximum atomic E-state index is 13.8. The molecule has 0 aliphatic rings. The fourth-order valence-corrected chi connectivity index (χ4v) is 5.32. The van der Waals surface area contributed by atoms with Gasteiger partial charge in [0.2, 0.25) is 24.2 Å². The summed E-state index contributed by atoms with van der Waals surface area (Å²) >= 11 is 4.99. The normalized spacial score (nSPS) is 12.2. The molecule has 21 nitrogen and oxygen atoms in total. The van der Waals surface area contributed by atoms with Crippen LogP contribution in [0.4, 0.5) is 0 Å². The molecule has 0 aliphatic heterocycles. The van der Waals surface area contributed by atoms with Crippen molar-refractivity contribution in [3.63, 3.8) is 0 Å². The van der Waals surface area contributed by atoms with Crippen molar-refractivity contribution < 1.29 is 66.4 Å². The predicted octanol–water partition coefficient (Wildman–Crippen LogP) is -0.849. The van der Waals surface area contributed by atoms with E-state index < -0.39 is 30.3 Å². The smallest absolute Gasteiger partial charge is 0.286 e. The summed E-state index contributed by atoms with van der Waals surface area (Å²) in [5.41, 5.74) is 0.666. The van der Waals surface area contributed by atoms with Gasteiger partial charge >= 0.3 is 0 Å². The van der Waals surface area contributed by atoms with Gasteiger partial charge in [0.15, 0.2) is 0 Å². The van der Waals surface area contributed by atoms with E-state index in [9.17, 15) is 19.3 Å². The maximum Gasteiger partial charge on any atom is 0.286 e. The van der Waals surface area contributed by atoms with Gasteiger partial charge < -0.3 is 68.0 Å². The number of nitriles is 3. The summed E-state index contributed by atoms with van der Waals surface area (Å²) < 4.78 is 51.4. The number of hydrogen-bond donors (Lipinski definition) is 4. The highest BCUT2D eigenvalue weighted by Gasteiger charge is 2.29. The number of carbonyl (C=O) groups excluding carboxylic acids is 3. The molecule has 1 aromatic carbocycles. The predicted molar refractivity (Wildman–Crippen MR) is 207 cm³/mol. The van der Waals surface area contributed by atoms with Crippen LogP contribution >= 0.6 is 6.49 Å². The van der Waals surface area contributed by atoms with Crippen molar-refractivity contribution >= 4 is 36.0 Å². The topological polar surface area (TPSA) is 274 Å². The van der Waals surface area contributed by atoms with E-state index in [-0.39, 0.29) is 138 Å². The Morgan fingerprint density at radius 2 is 1.00 bits per heavy atom. The van der Waals surface area contributed by atoms with Crippen LogP contribution in [0, 0.1) is 34.6 Å². The first-order valence-electron chi connectivity index (χ1n) is 18.2. The van der Waals surface area contributed by atoms with Crippen molar-refractivity contribution in [2.24, 2.45) is 0 Å². The number of hydrogen-bond acceptors (Lipinski definition) is 18. The average Bonchev–Trinajstić information content (AvgIpc) is 3.18. The van der Waals surface area contributed by atoms with Gasteiger partial charge in [-0.3, -0.25) is 19.3 Å². The van der Waals surface area contributed by atoms with Crippen molar-refractivity contribution in [3.05, 3.63) is 29.8 Å². The van der Waals surface area contributed by atoms with Gasteiger partial charge in [-0.05, 0) is 35.9 Å². The number of benzene rings is 1. The molecule has 0 bridgehead atoms. The summed E-state index contributed by atoms with van der Waals surface area (Å²) in [5.74, 6) is -1.06. The standard InChI is InChI=1S/C35H54N7O14PS/c1-57(46,58)56-31-4-2-30(3-5-31)24-32(35(45)41-8-11-49-14-17-52-20-23-55-29-38)42(25-33(43)39-6-9-47-12-15-50-18-21-53-27-36)26-34(44)40-7-10-48-13-16-51-19-22-54-28-37/h2-5,32H,6-26H2,1H3,(H,39,43)(H,40,44)(H,41,45)(H,46,58). The molecule has 0 spiro atoms. The second kappa shape index (κ2) is 34.7. The Morgan fingerprint density at radius 1 is 0.638 bits per heavy atom. The van der Waals surface area contributed by atoms with Crippen LogP contribution < -0.4 is 20.5 Å². The Bertz CT molecular complexity index is 1410. The third-order valence-corrected chi connectivity index (χ3v) is 7.82. The first-order valence-corrected chi connectivity index (χ1v) is 21.3. The van der Waals surface area contributed by atoms with Gasteiger partial charge in [0.1, 0.15) is 25.6 Å². The number of amides is 3. The van der Waals surface area contributed by atoms with E-state index in [4.69, 9.17) is 60.5 Å². The molecule has 23 heteroatoms. The molecular formula is C35H54N7O14PS. The maximum absolute atomic E-state index is 13.8. The highest BCUT2D eigenvalue weighted by molar-refractivity contribution is 8.09. The van der Waals surface area contributed by atoms with Crippen LogP contribution in [0.3, 0.4) is 0 Å². The van der Waals surface area contributed by atoms with Crippen LogP contribution in [-0.4, -0.2) is 172 Å². The van der Waals surface area contributed by atoms with Gasteiger partial charge in [0.05, 0.1) is 98.4 Å². The summed E-state index contributed by atoms with van der Waals surface area (Å²) in [4.78, 5) is 51.7. The van der Waals surface area contributed by atoms with Gasteiger partial charge in [-0.1, -0.05) is 12.1 Å². The second-order valence-electron chi connectivity index (χ2n) is 11.6. The van der Waals surface area contributed by atoms with Crippen LogP contribution in [0.15, 0.2) is 24.3 Å². The Hall–Kier alpha value is -4.37. The minimum atomic E-state index is -2.99. The zero-order valence-corrected chi connectivity index (χ0v) is 34.3. The Kier molecular flexibility index (Phi) is 30.9. The molecule has 0 saturated carbocycles. The molecule has 1 rings (SSSR count). The van der Waals surface area contributed by atoms with Gasteiger partial charge in [-0.15, -0.1) is 0 Å². The Labute approximate surface area is 343 Å². The molecule has 0 heterocycles. The third kappa shape index (κ3) is 29.8. The number of nitrogens with zero attached hydrogens (tertiary/aromatic N) is 4. The quantitative estimate of drug-likeness (QED) is 0.0360. The molecule has 1 aromatic rings. The fraction of sp³-hybridized carbons (Fsp3) is 0.657. The minimum Gasteiger partial charge on any atom is -0.444 e. The fourth-order valence-electron chi connectivity index (χ4n) is 4.54. The summed E-state index contributed by atoms with van der Waals surface area (Å²) in [6, 6.07) is 5.58. The molecule has 2 unspecified atom stereocenters. The van der Waals surface area contributed by atoms with E-state index in [1.165, 1.54) is 11.6 Å². The van der Waals surface area contributed by atoms with E-state index in [0.29, 0.717) is 11.3 Å². The average molecular weight is 860 g/mol. The van der Waals surface area contributed by atoms with E-state index >= 15 is 0 Å². The van der Waals surface area contributed by atoms with Crippen LogP contribution in [0.5, 0.6) is 5.75 Å². The molecule has 0 fully saturated rings. The highest BCUT2D eigenvalue weighted by Crippen LogP contribution is 2.38. The van der Waals surface area contributed by atoms with Crippen LogP contribution in [0.2, 0.25) is 0 Å². The van der Waals surface area contributed by atoms with Crippen molar-refractivity contribution in [1.82, 2.24) is 20.9 Å². The lowest BCUT2D eigenvalue weighted by Crippen LogP contribution is -2.54. The lowest BCUT2D eigenvalue weighted by atomic mass is 10.0. The van der Waals surface area contributed by atoms with Gasteiger partial charge in [-0.25, -0.2) is 0 Å². The van der Waals surface area contributed by atoms with E-state index in [0.717, 1.165) is 0 Å². The lowest BCUT2D eigenvalue weighted by molar-refractivity contribution is -0.131. The van der Waals surface area contributed by atoms with Crippen molar-refractivity contribution in [2.75, 3.05) is 138 Å². The largest absolute Gasteiger partial charge is 0.444 e. The molecule has 0 saturated heterocycles. The summed E-state index contributed by atoms with van der Waals surface area (Å²) in [7, 11) is 0. The number of ether oxygens (including phenoxy) is 9. The molecule has 0 aromatic heterocycles. The van der Waals surface area contributed by atoms with E-state index in [1.54, 1.807) is 43.0 Å². The van der Waals surface area contributed by atoms with Crippen LogP contribution in [-0.2, 0) is 75.2 Å². The van der Waals surface area contributed by atoms with Gasteiger partial charge in [0.25, 0.3) is 18.8 Å². The zero-order chi connectivity index (χ0) is 42.5. The third-order valence-electron chi connectivity index (χ3n) is 7.05. The highest BCUT2D eigenvalue weighted by atomic mass is 32.5. The van der Waals surface area contributed by atoms with Crippen LogP contribution in [0.1, 0.15) is 5.56 Å². The van der Waals surface area contributed by atoms with Gasteiger partial charge in [0, 0.05) is 26.3 Å². The Morgan fingerprint density at radius 3 is 1.38 bits per heavy atom. The number of nitrogens with one attached hydrogen (secondary N) is 3. The van der Waals surface area contributed by atoms with Crippen molar-refractivity contribution in [3.8, 4) is 24.5 Å². The van der Waals surface area contributed by atoms with E-state index in [2.05, 4.69) is 30.2 Å². The molecule has 324 valence electrons. The molecule has 0 radical (unpaired) electrons. The van der Waals surface area contributed by atoms with Crippen molar-refractivity contribution in [2.45, 2.75) is 12.5 Å². The number of carbonyl (C=O) groups is 3. The first-order chi connectivity index (χ1) is 28.1. The molecule has 58 heavy (non-hydrogen) atoms. The molecule has 3 amide bonds. The van der Waals surface area contributed by atoms with Crippen molar-refractivity contribution in [1.29, 1.82) is 15.8 Å². The number of rotatable bonds is 37. The summed E-state index contributed by atoms with van der Waals surface area (Å²) in [6.07, 6.45) is 4.73. The van der Waals surface area contributed by atoms with E-state index in [1.807, 2.05) is 0 Å².